The number of piperazine rings is 1. The molecular weight excluding hydrogens is 372 g/mol. The highest BCUT2D eigenvalue weighted by molar-refractivity contribution is 5.78. The van der Waals surface area contributed by atoms with Crippen LogP contribution in [0, 0.1) is 0 Å². The van der Waals surface area contributed by atoms with Crippen LogP contribution in [-0.4, -0.2) is 72.5 Å². The van der Waals surface area contributed by atoms with Crippen LogP contribution in [0.25, 0.3) is 0 Å². The Labute approximate surface area is 180 Å². The molecule has 0 atom stereocenters. The monoisotopic (exact) mass is 406 g/mol. The van der Waals surface area contributed by atoms with Gasteiger partial charge in [-0.3, -0.25) is 19.5 Å². The first-order chi connectivity index (χ1) is 14.7. The van der Waals surface area contributed by atoms with Crippen LogP contribution in [0.4, 0.5) is 0 Å². The largest absolute Gasteiger partial charge is 0.352 e. The second kappa shape index (κ2) is 10.7. The molecule has 1 N–H and O–H groups in total. The second-order valence-electron chi connectivity index (χ2n) is 8.64. The number of amides is 1. The van der Waals surface area contributed by atoms with Crippen LogP contribution in [0.1, 0.15) is 24.0 Å². The van der Waals surface area contributed by atoms with Crippen molar-refractivity contribution in [2.75, 3.05) is 45.8 Å². The van der Waals surface area contributed by atoms with Gasteiger partial charge in [0.15, 0.2) is 0 Å². The van der Waals surface area contributed by atoms with E-state index < -0.39 is 0 Å². The molecule has 0 radical (unpaired) electrons. The van der Waals surface area contributed by atoms with E-state index in [0.29, 0.717) is 12.6 Å². The lowest BCUT2D eigenvalue weighted by Crippen LogP contribution is -2.51. The summed E-state index contributed by atoms with van der Waals surface area (Å²) in [5.74, 6) is 0.188. The van der Waals surface area contributed by atoms with E-state index in [9.17, 15) is 4.79 Å². The number of rotatable bonds is 7. The van der Waals surface area contributed by atoms with Crippen molar-refractivity contribution in [2.24, 2.45) is 0 Å². The predicted molar refractivity (Wildman–Crippen MR) is 121 cm³/mol. The van der Waals surface area contributed by atoms with Crippen LogP contribution in [-0.2, 0) is 17.9 Å². The number of nitrogens with one attached hydrogen (secondary N) is 1. The van der Waals surface area contributed by atoms with Crippen molar-refractivity contribution in [1.29, 1.82) is 0 Å². The van der Waals surface area contributed by atoms with E-state index in [-0.39, 0.29) is 5.91 Å². The van der Waals surface area contributed by atoms with Gasteiger partial charge in [0.25, 0.3) is 0 Å². The van der Waals surface area contributed by atoms with Gasteiger partial charge in [-0.05, 0) is 24.0 Å². The number of carbonyl (C=O) groups excluding carboxylic acids is 1. The molecule has 0 unspecified atom stereocenters. The summed E-state index contributed by atoms with van der Waals surface area (Å²) in [5, 5.41) is 3.28. The molecule has 0 aromatic heterocycles. The van der Waals surface area contributed by atoms with Crippen LogP contribution >= 0.6 is 0 Å². The third kappa shape index (κ3) is 6.39. The minimum Gasteiger partial charge on any atom is -0.352 e. The van der Waals surface area contributed by atoms with E-state index in [1.54, 1.807) is 0 Å². The summed E-state index contributed by atoms with van der Waals surface area (Å²) in [6.45, 7) is 8.64. The standard InChI is InChI=1S/C25H34N4O/c30-25(21-29-17-15-28(16-18-29)20-23-9-5-2-6-10-23)26-24-11-13-27(14-12-24)19-22-7-3-1-4-8-22/h1-10,24H,11-21H2,(H,26,30). The van der Waals surface area contributed by atoms with Gasteiger partial charge in [0.1, 0.15) is 0 Å². The van der Waals surface area contributed by atoms with Crippen molar-refractivity contribution in [3.63, 3.8) is 0 Å². The van der Waals surface area contributed by atoms with Gasteiger partial charge in [-0.25, -0.2) is 0 Å². The molecule has 0 saturated carbocycles. The van der Waals surface area contributed by atoms with Crippen LogP contribution in [0.5, 0.6) is 0 Å². The fraction of sp³-hybridized carbons (Fsp3) is 0.480. The first kappa shape index (κ1) is 21.0. The average molecular weight is 407 g/mol. The molecular formula is C25H34N4O. The van der Waals surface area contributed by atoms with E-state index in [4.69, 9.17) is 0 Å². The molecule has 5 heteroatoms. The maximum Gasteiger partial charge on any atom is 0.234 e. The number of piperidine rings is 1. The predicted octanol–water partition coefficient (Wildman–Crippen LogP) is 2.59. The van der Waals surface area contributed by atoms with Crippen LogP contribution < -0.4 is 5.32 Å². The highest BCUT2D eigenvalue weighted by atomic mass is 16.2. The maximum atomic E-state index is 12.5. The van der Waals surface area contributed by atoms with Gasteiger partial charge >= 0.3 is 0 Å². The maximum absolute atomic E-state index is 12.5. The quantitative estimate of drug-likeness (QED) is 0.767. The summed E-state index contributed by atoms with van der Waals surface area (Å²) < 4.78 is 0. The highest BCUT2D eigenvalue weighted by Gasteiger charge is 2.23. The molecule has 2 aromatic rings. The summed E-state index contributed by atoms with van der Waals surface area (Å²) in [7, 11) is 0. The fourth-order valence-corrected chi connectivity index (χ4v) is 4.50. The Bertz CT molecular complexity index is 701. The number of hydrogen-bond donors (Lipinski definition) is 1. The first-order valence-corrected chi connectivity index (χ1v) is 11.3. The van der Waals surface area contributed by atoms with Gasteiger partial charge in [-0.2, -0.15) is 0 Å². The molecule has 2 aliphatic rings. The highest BCUT2D eigenvalue weighted by Crippen LogP contribution is 2.14. The van der Waals surface area contributed by atoms with Crippen molar-refractivity contribution in [3.8, 4) is 0 Å². The molecule has 0 spiro atoms. The van der Waals surface area contributed by atoms with Gasteiger partial charge in [-0.15, -0.1) is 0 Å². The van der Waals surface area contributed by atoms with Gasteiger partial charge in [0, 0.05) is 58.4 Å². The van der Waals surface area contributed by atoms with Crippen molar-refractivity contribution in [1.82, 2.24) is 20.0 Å². The molecule has 2 fully saturated rings. The molecule has 2 saturated heterocycles. The minimum absolute atomic E-state index is 0.188. The van der Waals surface area contributed by atoms with Gasteiger partial charge < -0.3 is 5.32 Å². The van der Waals surface area contributed by atoms with E-state index in [0.717, 1.165) is 65.2 Å². The molecule has 2 aromatic carbocycles. The minimum atomic E-state index is 0.188. The number of nitrogens with zero attached hydrogens (tertiary/aromatic N) is 3. The zero-order valence-electron chi connectivity index (χ0n) is 17.9. The third-order valence-corrected chi connectivity index (χ3v) is 6.28. The van der Waals surface area contributed by atoms with Crippen LogP contribution in [0.3, 0.4) is 0 Å². The van der Waals surface area contributed by atoms with Crippen molar-refractivity contribution < 1.29 is 4.79 Å². The molecule has 2 aliphatic heterocycles. The van der Waals surface area contributed by atoms with Crippen molar-refractivity contribution >= 4 is 5.91 Å². The van der Waals surface area contributed by atoms with Crippen molar-refractivity contribution in [3.05, 3.63) is 71.8 Å². The zero-order valence-corrected chi connectivity index (χ0v) is 17.9. The van der Waals surface area contributed by atoms with E-state index in [2.05, 4.69) is 80.7 Å². The zero-order chi connectivity index (χ0) is 20.6. The number of likely N-dealkylation sites (tertiary alicyclic amines) is 1. The number of hydrogen-bond acceptors (Lipinski definition) is 4. The van der Waals surface area contributed by atoms with E-state index in [1.165, 1.54) is 11.1 Å². The summed E-state index contributed by atoms with van der Waals surface area (Å²) >= 11 is 0. The van der Waals surface area contributed by atoms with Crippen LogP contribution in [0.2, 0.25) is 0 Å². The lowest BCUT2D eigenvalue weighted by atomic mass is 10.0. The van der Waals surface area contributed by atoms with Gasteiger partial charge in [-0.1, -0.05) is 60.7 Å². The van der Waals surface area contributed by atoms with E-state index in [1.807, 2.05) is 0 Å². The molecule has 1 amide bonds. The Balaban J connectivity index is 1.12. The summed E-state index contributed by atoms with van der Waals surface area (Å²) in [5.41, 5.74) is 2.73. The molecule has 5 nitrogen and oxygen atoms in total. The molecule has 0 bridgehead atoms. The topological polar surface area (TPSA) is 38.8 Å². The van der Waals surface area contributed by atoms with Crippen LogP contribution in [0.15, 0.2) is 60.7 Å². The molecule has 4 rings (SSSR count). The normalized spacial score (nSPS) is 19.6. The Morgan fingerprint density at radius 3 is 1.70 bits per heavy atom. The fourth-order valence-electron chi connectivity index (χ4n) is 4.50. The lowest BCUT2D eigenvalue weighted by Gasteiger charge is -2.35. The summed E-state index contributed by atoms with van der Waals surface area (Å²) in [4.78, 5) is 19.8. The van der Waals surface area contributed by atoms with Gasteiger partial charge in [0.05, 0.1) is 6.54 Å². The number of benzene rings is 2. The smallest absolute Gasteiger partial charge is 0.234 e. The SMILES string of the molecule is O=C(CN1CCN(Cc2ccccc2)CC1)NC1CCN(Cc2ccccc2)CC1. The first-order valence-electron chi connectivity index (χ1n) is 11.3. The summed E-state index contributed by atoms with van der Waals surface area (Å²) in [6.07, 6.45) is 2.09. The lowest BCUT2D eigenvalue weighted by molar-refractivity contribution is -0.123. The third-order valence-electron chi connectivity index (χ3n) is 6.28. The number of carbonyl (C=O) groups is 1. The van der Waals surface area contributed by atoms with Gasteiger partial charge in [0.2, 0.25) is 5.91 Å². The van der Waals surface area contributed by atoms with Crippen molar-refractivity contribution in [2.45, 2.75) is 32.0 Å². The van der Waals surface area contributed by atoms with E-state index >= 15 is 0 Å². The molecule has 30 heavy (non-hydrogen) atoms. The summed E-state index contributed by atoms with van der Waals surface area (Å²) in [6, 6.07) is 21.6. The Morgan fingerprint density at radius 1 is 0.700 bits per heavy atom. The molecule has 2 heterocycles. The molecule has 0 aliphatic carbocycles. The second-order valence-corrected chi connectivity index (χ2v) is 8.64. The Kier molecular flexibility index (Phi) is 7.51. The molecule has 160 valence electrons. The Morgan fingerprint density at radius 2 is 1.17 bits per heavy atom. The average Bonchev–Trinajstić information content (AvgIpc) is 2.78. The Hall–Kier alpha value is -2.21.